The van der Waals surface area contributed by atoms with Gasteiger partial charge in [0.1, 0.15) is 12.4 Å². The van der Waals surface area contributed by atoms with Crippen molar-refractivity contribution >= 4 is 17.3 Å². The molecular formula is C14H18N2O3S. The molecule has 0 aliphatic rings. The number of carboxylic acid groups (broad SMARTS) is 1. The molecule has 0 radical (unpaired) electrons. The number of ether oxygens (including phenoxy) is 1. The molecule has 0 aliphatic heterocycles. The minimum Gasteiger partial charge on any atom is -0.486 e. The lowest BCUT2D eigenvalue weighted by Gasteiger charge is -2.07. The average molecular weight is 294 g/mol. The van der Waals surface area contributed by atoms with Crippen LogP contribution in [-0.4, -0.2) is 20.9 Å². The summed E-state index contributed by atoms with van der Waals surface area (Å²) in [7, 11) is 0. The molecule has 20 heavy (non-hydrogen) atoms. The van der Waals surface area contributed by atoms with E-state index in [0.29, 0.717) is 12.4 Å². The molecule has 5 nitrogen and oxygen atoms in total. The Morgan fingerprint density at radius 1 is 1.45 bits per heavy atom. The average Bonchev–Trinajstić information content (AvgIpc) is 2.99. The Hall–Kier alpha value is -1.82. The minimum atomic E-state index is -0.940. The molecule has 2 aromatic heterocycles. The van der Waals surface area contributed by atoms with Gasteiger partial charge in [0, 0.05) is 11.4 Å². The van der Waals surface area contributed by atoms with Crippen molar-refractivity contribution in [1.82, 2.24) is 9.78 Å². The summed E-state index contributed by atoms with van der Waals surface area (Å²) >= 11 is 1.27. The molecular weight excluding hydrogens is 276 g/mol. The fourth-order valence-corrected chi connectivity index (χ4v) is 2.87. The van der Waals surface area contributed by atoms with E-state index >= 15 is 0 Å². The first kappa shape index (κ1) is 14.6. The topological polar surface area (TPSA) is 64.4 Å². The van der Waals surface area contributed by atoms with Crippen LogP contribution in [0, 0.1) is 6.92 Å². The minimum absolute atomic E-state index is 0.265. The molecule has 0 unspecified atom stereocenters. The molecule has 0 aromatic carbocycles. The van der Waals surface area contributed by atoms with Gasteiger partial charge in [-0.2, -0.15) is 5.10 Å². The number of aryl methyl sites for hydroxylation is 3. The Labute approximate surface area is 121 Å². The summed E-state index contributed by atoms with van der Waals surface area (Å²) in [6, 6.07) is 3.77. The van der Waals surface area contributed by atoms with E-state index in [2.05, 4.69) is 5.10 Å². The Morgan fingerprint density at radius 2 is 2.20 bits per heavy atom. The monoisotopic (exact) mass is 294 g/mol. The first-order valence-corrected chi connectivity index (χ1v) is 7.38. The second-order valence-electron chi connectivity index (χ2n) is 4.45. The number of nitrogens with zero attached hydrogens (tertiary/aromatic N) is 2. The Balaban J connectivity index is 2.17. The van der Waals surface area contributed by atoms with Gasteiger partial charge >= 0.3 is 5.97 Å². The van der Waals surface area contributed by atoms with Gasteiger partial charge in [-0.3, -0.25) is 4.68 Å². The van der Waals surface area contributed by atoms with Crippen LogP contribution in [0.5, 0.6) is 5.75 Å². The van der Waals surface area contributed by atoms with E-state index in [1.165, 1.54) is 11.3 Å². The van der Waals surface area contributed by atoms with Gasteiger partial charge < -0.3 is 9.84 Å². The maximum Gasteiger partial charge on any atom is 0.349 e. The van der Waals surface area contributed by atoms with Crippen molar-refractivity contribution in [1.29, 1.82) is 0 Å². The smallest absolute Gasteiger partial charge is 0.349 e. The quantitative estimate of drug-likeness (QED) is 0.889. The number of hydrogen-bond acceptors (Lipinski definition) is 4. The summed E-state index contributed by atoms with van der Waals surface area (Å²) in [6.07, 6.45) is 0.806. The maximum absolute atomic E-state index is 11.2. The zero-order chi connectivity index (χ0) is 14.7. The number of rotatable bonds is 6. The van der Waals surface area contributed by atoms with Gasteiger partial charge in [0.05, 0.1) is 11.4 Å². The molecule has 0 spiro atoms. The second kappa shape index (κ2) is 6.09. The van der Waals surface area contributed by atoms with Crippen molar-refractivity contribution < 1.29 is 14.6 Å². The summed E-state index contributed by atoms with van der Waals surface area (Å²) in [6.45, 7) is 7.03. The molecule has 0 bridgehead atoms. The van der Waals surface area contributed by atoms with E-state index in [0.717, 1.165) is 29.2 Å². The van der Waals surface area contributed by atoms with Crippen LogP contribution in [-0.2, 0) is 19.6 Å². The van der Waals surface area contributed by atoms with Crippen LogP contribution in [0.3, 0.4) is 0 Å². The van der Waals surface area contributed by atoms with Gasteiger partial charge in [0.25, 0.3) is 0 Å². The van der Waals surface area contributed by atoms with Gasteiger partial charge in [-0.1, -0.05) is 6.92 Å². The molecule has 2 heterocycles. The van der Waals surface area contributed by atoms with E-state index in [1.54, 1.807) is 0 Å². The van der Waals surface area contributed by atoms with E-state index in [9.17, 15) is 9.90 Å². The molecule has 1 N–H and O–H groups in total. The van der Waals surface area contributed by atoms with Crippen molar-refractivity contribution in [2.24, 2.45) is 0 Å². The third-order valence-corrected chi connectivity index (χ3v) is 4.20. The van der Waals surface area contributed by atoms with E-state index in [4.69, 9.17) is 4.74 Å². The number of carboxylic acids is 1. The van der Waals surface area contributed by atoms with E-state index in [-0.39, 0.29) is 4.88 Å². The Morgan fingerprint density at radius 3 is 2.80 bits per heavy atom. The van der Waals surface area contributed by atoms with Crippen molar-refractivity contribution in [2.75, 3.05) is 0 Å². The number of hydrogen-bond donors (Lipinski definition) is 1. The number of aromatic nitrogens is 2. The summed E-state index contributed by atoms with van der Waals surface area (Å²) in [5.41, 5.74) is 1.88. The standard InChI is InChI=1S/C14H18N2O3S/c1-4-11-7-12(13(20-11)14(17)18)19-8-10-6-9(3)15-16(10)5-2/h6-7H,4-5,8H2,1-3H3,(H,17,18). The zero-order valence-electron chi connectivity index (χ0n) is 11.8. The first-order chi connectivity index (χ1) is 9.55. The molecule has 108 valence electrons. The van der Waals surface area contributed by atoms with Crippen molar-refractivity contribution in [3.05, 3.63) is 33.3 Å². The van der Waals surface area contributed by atoms with Gasteiger partial charge in [-0.25, -0.2) is 4.79 Å². The lowest BCUT2D eigenvalue weighted by atomic mass is 10.3. The zero-order valence-corrected chi connectivity index (χ0v) is 12.7. The normalized spacial score (nSPS) is 10.8. The van der Waals surface area contributed by atoms with Crippen molar-refractivity contribution in [2.45, 2.75) is 40.3 Å². The third-order valence-electron chi connectivity index (χ3n) is 2.95. The van der Waals surface area contributed by atoms with Gasteiger partial charge in [0.15, 0.2) is 4.88 Å². The maximum atomic E-state index is 11.2. The molecule has 6 heteroatoms. The third kappa shape index (κ3) is 3.01. The molecule has 0 saturated heterocycles. The summed E-state index contributed by atoms with van der Waals surface area (Å²) < 4.78 is 7.56. The van der Waals surface area contributed by atoms with Crippen LogP contribution in [0.1, 0.15) is 39.8 Å². The fourth-order valence-electron chi connectivity index (χ4n) is 1.99. The Bertz CT molecular complexity index is 616. The van der Waals surface area contributed by atoms with Crippen LogP contribution in [0.4, 0.5) is 0 Å². The SMILES string of the molecule is CCc1cc(OCc2cc(C)nn2CC)c(C(=O)O)s1. The molecule has 0 amide bonds. The van der Waals surface area contributed by atoms with Crippen molar-refractivity contribution in [3.8, 4) is 5.75 Å². The van der Waals surface area contributed by atoms with Gasteiger partial charge in [0.2, 0.25) is 0 Å². The van der Waals surface area contributed by atoms with Crippen LogP contribution in [0.15, 0.2) is 12.1 Å². The summed E-state index contributed by atoms with van der Waals surface area (Å²) in [5.74, 6) is -0.495. The van der Waals surface area contributed by atoms with Crippen LogP contribution < -0.4 is 4.74 Å². The lowest BCUT2D eigenvalue weighted by molar-refractivity contribution is 0.0697. The van der Waals surface area contributed by atoms with Crippen LogP contribution in [0.25, 0.3) is 0 Å². The first-order valence-electron chi connectivity index (χ1n) is 6.57. The summed E-state index contributed by atoms with van der Waals surface area (Å²) in [5, 5.41) is 13.5. The predicted octanol–water partition coefficient (Wildman–Crippen LogP) is 3.11. The Kier molecular flexibility index (Phi) is 4.44. The van der Waals surface area contributed by atoms with Crippen LogP contribution in [0.2, 0.25) is 0 Å². The molecule has 2 rings (SSSR count). The van der Waals surface area contributed by atoms with Crippen molar-refractivity contribution in [3.63, 3.8) is 0 Å². The highest BCUT2D eigenvalue weighted by atomic mass is 32.1. The fraction of sp³-hybridized carbons (Fsp3) is 0.429. The summed E-state index contributed by atoms with van der Waals surface area (Å²) in [4.78, 5) is 12.5. The van der Waals surface area contributed by atoms with E-state index in [1.807, 2.05) is 37.6 Å². The number of thiophene rings is 1. The number of aromatic carboxylic acids is 1. The molecule has 0 aliphatic carbocycles. The largest absolute Gasteiger partial charge is 0.486 e. The number of carbonyl (C=O) groups is 1. The van der Waals surface area contributed by atoms with Gasteiger partial charge in [-0.05, 0) is 32.4 Å². The highest BCUT2D eigenvalue weighted by molar-refractivity contribution is 7.14. The highest BCUT2D eigenvalue weighted by Gasteiger charge is 2.17. The molecule has 0 atom stereocenters. The van der Waals surface area contributed by atoms with Gasteiger partial charge in [-0.15, -0.1) is 11.3 Å². The van der Waals surface area contributed by atoms with E-state index < -0.39 is 5.97 Å². The molecule has 0 saturated carbocycles. The molecule has 0 fully saturated rings. The lowest BCUT2D eigenvalue weighted by Crippen LogP contribution is -2.07. The predicted molar refractivity (Wildman–Crippen MR) is 77.6 cm³/mol. The second-order valence-corrected chi connectivity index (χ2v) is 5.58. The molecule has 2 aromatic rings. The highest BCUT2D eigenvalue weighted by Crippen LogP contribution is 2.30. The van der Waals surface area contributed by atoms with Crippen LogP contribution >= 0.6 is 11.3 Å².